The largest absolute Gasteiger partial charge is 0.489 e. The number of hydrogen-bond donors (Lipinski definition) is 1. The zero-order valence-electron chi connectivity index (χ0n) is 15.4. The molecule has 0 aromatic heterocycles. The Balaban J connectivity index is 1.54. The van der Waals surface area contributed by atoms with Crippen LogP contribution in [0.15, 0.2) is 48.2 Å². The SMILES string of the molecule is O=[N+]([O-])c1ccc(OCC=C2Nc3c(Cl)cc(Cl)cc3C2N2CCOCC2)cc1. The maximum absolute atomic E-state index is 10.8. The maximum Gasteiger partial charge on any atom is 0.269 e. The van der Waals surface area contributed by atoms with Gasteiger partial charge in [0, 0.05) is 41.5 Å². The predicted molar refractivity (Wildman–Crippen MR) is 112 cm³/mol. The number of anilines is 1. The second-order valence-corrected chi connectivity index (χ2v) is 7.59. The lowest BCUT2D eigenvalue weighted by Gasteiger charge is -2.33. The maximum atomic E-state index is 10.8. The number of nitro benzene ring substituents is 1. The Morgan fingerprint density at radius 1 is 1.24 bits per heavy atom. The summed E-state index contributed by atoms with van der Waals surface area (Å²) in [5, 5.41) is 15.3. The van der Waals surface area contributed by atoms with Crippen LogP contribution >= 0.6 is 23.2 Å². The number of nitro groups is 1. The van der Waals surface area contributed by atoms with E-state index in [0.29, 0.717) is 35.6 Å². The number of morpholine rings is 1. The fourth-order valence-electron chi connectivity index (χ4n) is 3.60. The molecule has 2 aliphatic rings. The fourth-order valence-corrected chi connectivity index (χ4v) is 4.16. The molecule has 0 aliphatic carbocycles. The molecule has 1 saturated heterocycles. The summed E-state index contributed by atoms with van der Waals surface area (Å²) in [6.45, 7) is 3.26. The minimum absolute atomic E-state index is 0.00874. The average molecular weight is 436 g/mol. The first kappa shape index (κ1) is 20.0. The van der Waals surface area contributed by atoms with Gasteiger partial charge < -0.3 is 14.8 Å². The Bertz CT molecular complexity index is 943. The van der Waals surface area contributed by atoms with Gasteiger partial charge in [-0.2, -0.15) is 0 Å². The molecular formula is C20H19Cl2N3O4. The van der Waals surface area contributed by atoms with Gasteiger partial charge in [0.25, 0.3) is 5.69 Å². The molecule has 0 bridgehead atoms. The minimum Gasteiger partial charge on any atom is -0.489 e. The summed E-state index contributed by atoms with van der Waals surface area (Å²) in [6, 6.07) is 9.67. The molecule has 7 nitrogen and oxygen atoms in total. The second-order valence-electron chi connectivity index (χ2n) is 6.75. The number of non-ortho nitro benzene ring substituents is 1. The van der Waals surface area contributed by atoms with Gasteiger partial charge in [-0.05, 0) is 30.3 Å². The van der Waals surface area contributed by atoms with E-state index in [0.717, 1.165) is 30.0 Å². The lowest BCUT2D eigenvalue weighted by atomic mass is 10.0. The lowest BCUT2D eigenvalue weighted by Crippen LogP contribution is -2.39. The van der Waals surface area contributed by atoms with E-state index in [1.807, 2.05) is 12.1 Å². The highest BCUT2D eigenvalue weighted by Crippen LogP contribution is 2.45. The summed E-state index contributed by atoms with van der Waals surface area (Å²) >= 11 is 12.7. The smallest absolute Gasteiger partial charge is 0.269 e. The zero-order chi connectivity index (χ0) is 20.4. The molecule has 2 aliphatic heterocycles. The number of rotatable bonds is 5. The molecule has 0 saturated carbocycles. The standard InChI is InChI=1S/C20H19Cl2N3O4/c21-13-11-16-19(17(22)12-13)23-18(20(16)24-6-9-28-10-7-24)5-8-29-15-3-1-14(2-4-15)25(26)27/h1-5,11-12,20,23H,6-10H2. The van der Waals surface area contributed by atoms with Crippen molar-refractivity contribution < 1.29 is 14.4 Å². The van der Waals surface area contributed by atoms with Crippen LogP contribution in [0.5, 0.6) is 5.75 Å². The summed E-state index contributed by atoms with van der Waals surface area (Å²) in [5.74, 6) is 0.562. The van der Waals surface area contributed by atoms with Gasteiger partial charge in [0.15, 0.2) is 0 Å². The first-order valence-electron chi connectivity index (χ1n) is 9.18. The number of halogens is 2. The van der Waals surface area contributed by atoms with Crippen LogP contribution in [-0.2, 0) is 4.74 Å². The molecule has 2 aromatic rings. The van der Waals surface area contributed by atoms with E-state index in [4.69, 9.17) is 32.7 Å². The first-order valence-corrected chi connectivity index (χ1v) is 9.93. The van der Waals surface area contributed by atoms with Crippen LogP contribution in [0.1, 0.15) is 11.6 Å². The van der Waals surface area contributed by atoms with Crippen molar-refractivity contribution in [2.75, 3.05) is 38.2 Å². The van der Waals surface area contributed by atoms with Crippen molar-refractivity contribution in [3.05, 3.63) is 73.9 Å². The van der Waals surface area contributed by atoms with Gasteiger partial charge in [0.1, 0.15) is 12.4 Å². The van der Waals surface area contributed by atoms with E-state index in [2.05, 4.69) is 10.2 Å². The Morgan fingerprint density at radius 3 is 2.66 bits per heavy atom. The molecule has 29 heavy (non-hydrogen) atoms. The fraction of sp³-hybridized carbons (Fsp3) is 0.300. The van der Waals surface area contributed by atoms with Crippen LogP contribution in [0.2, 0.25) is 10.0 Å². The van der Waals surface area contributed by atoms with Gasteiger partial charge in [-0.25, -0.2) is 0 Å². The normalized spacial score (nSPS) is 20.3. The van der Waals surface area contributed by atoms with E-state index in [9.17, 15) is 10.1 Å². The summed E-state index contributed by atoms with van der Waals surface area (Å²) in [6.07, 6.45) is 1.96. The van der Waals surface area contributed by atoms with E-state index < -0.39 is 4.92 Å². The summed E-state index contributed by atoms with van der Waals surface area (Å²) in [7, 11) is 0. The molecule has 1 N–H and O–H groups in total. The molecule has 0 amide bonds. The number of benzene rings is 2. The highest BCUT2D eigenvalue weighted by atomic mass is 35.5. The zero-order valence-corrected chi connectivity index (χ0v) is 16.9. The van der Waals surface area contributed by atoms with Gasteiger partial charge in [0.05, 0.1) is 34.9 Å². The molecule has 9 heteroatoms. The molecule has 2 heterocycles. The van der Waals surface area contributed by atoms with Gasteiger partial charge in [-0.1, -0.05) is 23.2 Å². The van der Waals surface area contributed by atoms with Crippen molar-refractivity contribution in [3.8, 4) is 5.75 Å². The molecule has 1 atom stereocenters. The highest BCUT2D eigenvalue weighted by Gasteiger charge is 2.34. The van der Waals surface area contributed by atoms with E-state index in [1.54, 1.807) is 18.2 Å². The van der Waals surface area contributed by atoms with Gasteiger partial charge in [-0.15, -0.1) is 0 Å². The molecule has 2 aromatic carbocycles. The highest BCUT2D eigenvalue weighted by molar-refractivity contribution is 6.36. The van der Waals surface area contributed by atoms with Crippen LogP contribution in [0.4, 0.5) is 11.4 Å². The van der Waals surface area contributed by atoms with Gasteiger partial charge in [0.2, 0.25) is 0 Å². The Labute approximate surface area is 178 Å². The summed E-state index contributed by atoms with van der Waals surface area (Å²) in [4.78, 5) is 12.6. The predicted octanol–water partition coefficient (Wildman–Crippen LogP) is 4.66. The molecule has 1 unspecified atom stereocenters. The van der Waals surface area contributed by atoms with Crippen molar-refractivity contribution in [2.45, 2.75) is 6.04 Å². The van der Waals surface area contributed by atoms with Crippen LogP contribution in [0.25, 0.3) is 0 Å². The topological polar surface area (TPSA) is 76.9 Å². The van der Waals surface area contributed by atoms with Crippen molar-refractivity contribution in [3.63, 3.8) is 0 Å². The van der Waals surface area contributed by atoms with E-state index in [1.165, 1.54) is 12.1 Å². The van der Waals surface area contributed by atoms with Crippen molar-refractivity contribution in [2.24, 2.45) is 0 Å². The number of nitrogens with one attached hydrogen (secondary N) is 1. The molecule has 4 rings (SSSR count). The average Bonchev–Trinajstić information content (AvgIpc) is 3.07. The molecule has 152 valence electrons. The number of ether oxygens (including phenoxy) is 2. The van der Waals surface area contributed by atoms with E-state index >= 15 is 0 Å². The quantitative estimate of drug-likeness (QED) is 0.543. The van der Waals surface area contributed by atoms with Gasteiger partial charge in [-0.3, -0.25) is 15.0 Å². The molecular weight excluding hydrogens is 417 g/mol. The van der Waals surface area contributed by atoms with E-state index in [-0.39, 0.29) is 11.7 Å². The Hall–Kier alpha value is -2.32. The second kappa shape index (κ2) is 8.59. The van der Waals surface area contributed by atoms with Crippen molar-refractivity contribution >= 4 is 34.6 Å². The van der Waals surface area contributed by atoms with Crippen molar-refractivity contribution in [1.29, 1.82) is 0 Å². The van der Waals surface area contributed by atoms with Crippen LogP contribution in [0, 0.1) is 10.1 Å². The third kappa shape index (κ3) is 4.33. The van der Waals surface area contributed by atoms with Crippen molar-refractivity contribution in [1.82, 2.24) is 4.90 Å². The molecule has 0 radical (unpaired) electrons. The number of fused-ring (bicyclic) bond motifs is 1. The summed E-state index contributed by atoms with van der Waals surface area (Å²) in [5.41, 5.74) is 2.88. The monoisotopic (exact) mass is 435 g/mol. The number of hydrogen-bond acceptors (Lipinski definition) is 6. The Kier molecular flexibility index (Phi) is 5.91. The summed E-state index contributed by atoms with van der Waals surface area (Å²) < 4.78 is 11.2. The lowest BCUT2D eigenvalue weighted by molar-refractivity contribution is -0.384. The number of nitrogens with zero attached hydrogens (tertiary/aromatic N) is 2. The van der Waals surface area contributed by atoms with Gasteiger partial charge >= 0.3 is 0 Å². The first-order chi connectivity index (χ1) is 14.0. The molecule has 1 fully saturated rings. The third-order valence-electron chi connectivity index (χ3n) is 4.96. The van der Waals surface area contributed by atoms with Crippen LogP contribution in [0.3, 0.4) is 0 Å². The van der Waals surface area contributed by atoms with Crippen LogP contribution in [-0.4, -0.2) is 42.7 Å². The third-order valence-corrected chi connectivity index (χ3v) is 5.47. The van der Waals surface area contributed by atoms with Crippen LogP contribution < -0.4 is 10.1 Å². The minimum atomic E-state index is -0.437. The Morgan fingerprint density at radius 2 is 1.97 bits per heavy atom. The molecule has 0 spiro atoms.